The average Bonchev–Trinajstić information content (AvgIpc) is 3.00. The number of nitrogens with two attached hydrogens (primary N) is 1. The van der Waals surface area contributed by atoms with Crippen LogP contribution in [0.2, 0.25) is 0 Å². The minimum absolute atomic E-state index is 0.193. The Kier molecular flexibility index (Phi) is 4.61. The number of amides is 2. The Balaban J connectivity index is 1.95. The van der Waals surface area contributed by atoms with Crippen LogP contribution < -0.4 is 15.8 Å². The lowest BCUT2D eigenvalue weighted by Gasteiger charge is -2.11. The maximum atomic E-state index is 12.1. The summed E-state index contributed by atoms with van der Waals surface area (Å²) in [5.74, 6) is 0.388. The highest BCUT2D eigenvalue weighted by atomic mass is 16.5. The third kappa shape index (κ3) is 4.10. The maximum absolute atomic E-state index is 12.1. The molecule has 0 radical (unpaired) electrons. The SMILES string of the molecule is CC(NC(=O)c1ccc(OCC(N)=O)cc1)c1ccco1. The molecule has 6 nitrogen and oxygen atoms in total. The Bertz CT molecular complexity index is 605. The first kappa shape index (κ1) is 14.6. The highest BCUT2D eigenvalue weighted by molar-refractivity contribution is 5.94. The Hall–Kier alpha value is -2.76. The van der Waals surface area contributed by atoms with E-state index in [1.807, 2.05) is 6.92 Å². The maximum Gasteiger partial charge on any atom is 0.255 e. The molecule has 1 heterocycles. The number of benzene rings is 1. The number of hydrogen-bond donors (Lipinski definition) is 2. The Labute approximate surface area is 121 Å². The number of ether oxygens (including phenoxy) is 1. The first-order valence-electron chi connectivity index (χ1n) is 6.41. The van der Waals surface area contributed by atoms with Crippen molar-refractivity contribution < 1.29 is 18.7 Å². The Morgan fingerprint density at radius 3 is 2.57 bits per heavy atom. The molecule has 0 aliphatic heterocycles. The zero-order valence-electron chi connectivity index (χ0n) is 11.5. The van der Waals surface area contributed by atoms with Crippen LogP contribution in [0.4, 0.5) is 0 Å². The summed E-state index contributed by atoms with van der Waals surface area (Å²) in [6.45, 7) is 1.64. The lowest BCUT2D eigenvalue weighted by molar-refractivity contribution is -0.119. The molecule has 0 aliphatic carbocycles. The summed E-state index contributed by atoms with van der Waals surface area (Å²) in [5.41, 5.74) is 5.47. The van der Waals surface area contributed by atoms with Gasteiger partial charge in [-0.15, -0.1) is 0 Å². The molecular formula is C15H16N2O4. The quantitative estimate of drug-likeness (QED) is 0.844. The van der Waals surface area contributed by atoms with Gasteiger partial charge in [-0.3, -0.25) is 9.59 Å². The number of nitrogens with one attached hydrogen (secondary N) is 1. The molecule has 1 aromatic heterocycles. The molecule has 0 saturated heterocycles. The monoisotopic (exact) mass is 288 g/mol. The van der Waals surface area contributed by atoms with E-state index >= 15 is 0 Å². The standard InChI is InChI=1S/C15H16N2O4/c1-10(13-3-2-8-20-13)17-15(19)11-4-6-12(7-5-11)21-9-14(16)18/h2-8,10H,9H2,1H3,(H2,16,18)(H,17,19). The summed E-state index contributed by atoms with van der Waals surface area (Å²) in [4.78, 5) is 22.7. The van der Waals surface area contributed by atoms with E-state index in [1.165, 1.54) is 0 Å². The zero-order valence-corrected chi connectivity index (χ0v) is 11.5. The fourth-order valence-corrected chi connectivity index (χ4v) is 1.75. The van der Waals surface area contributed by atoms with E-state index in [0.717, 1.165) is 0 Å². The van der Waals surface area contributed by atoms with Gasteiger partial charge in [-0.05, 0) is 43.3 Å². The third-order valence-corrected chi connectivity index (χ3v) is 2.82. The largest absolute Gasteiger partial charge is 0.484 e. The summed E-state index contributed by atoms with van der Waals surface area (Å²) in [6.07, 6.45) is 1.56. The van der Waals surface area contributed by atoms with E-state index in [1.54, 1.807) is 42.7 Å². The molecule has 1 unspecified atom stereocenters. The predicted octanol–water partition coefficient (Wildman–Crippen LogP) is 1.63. The first-order chi connectivity index (χ1) is 10.1. The van der Waals surface area contributed by atoms with E-state index in [9.17, 15) is 9.59 Å². The topological polar surface area (TPSA) is 94.6 Å². The van der Waals surface area contributed by atoms with Crippen LogP contribution in [0.3, 0.4) is 0 Å². The van der Waals surface area contributed by atoms with E-state index < -0.39 is 5.91 Å². The van der Waals surface area contributed by atoms with Gasteiger partial charge in [0.05, 0.1) is 12.3 Å². The molecule has 0 aliphatic rings. The molecule has 0 spiro atoms. The number of carbonyl (C=O) groups excluding carboxylic acids is 2. The van der Waals surface area contributed by atoms with Crippen molar-refractivity contribution in [3.63, 3.8) is 0 Å². The van der Waals surface area contributed by atoms with E-state index in [2.05, 4.69) is 5.32 Å². The molecule has 1 aromatic carbocycles. The molecule has 6 heteroatoms. The Morgan fingerprint density at radius 1 is 1.29 bits per heavy atom. The second-order valence-corrected chi connectivity index (χ2v) is 4.49. The normalized spacial score (nSPS) is 11.7. The molecule has 2 amide bonds. The number of carbonyl (C=O) groups is 2. The minimum Gasteiger partial charge on any atom is -0.484 e. The van der Waals surface area contributed by atoms with Crippen LogP contribution in [0.1, 0.15) is 29.1 Å². The van der Waals surface area contributed by atoms with E-state index in [4.69, 9.17) is 14.9 Å². The fraction of sp³-hybridized carbons (Fsp3) is 0.200. The summed E-state index contributed by atoms with van der Waals surface area (Å²) >= 11 is 0. The van der Waals surface area contributed by atoms with Crippen LogP contribution in [0.5, 0.6) is 5.75 Å². The molecular weight excluding hydrogens is 272 g/mol. The van der Waals surface area contributed by atoms with Crippen molar-refractivity contribution in [2.24, 2.45) is 5.73 Å². The van der Waals surface area contributed by atoms with Crippen molar-refractivity contribution in [2.45, 2.75) is 13.0 Å². The average molecular weight is 288 g/mol. The summed E-state index contributed by atoms with van der Waals surface area (Å²) in [5, 5.41) is 2.82. The first-order valence-corrected chi connectivity index (χ1v) is 6.41. The molecule has 2 aromatic rings. The van der Waals surface area contributed by atoms with Gasteiger partial charge in [0.15, 0.2) is 6.61 Å². The molecule has 0 saturated carbocycles. The lowest BCUT2D eigenvalue weighted by atomic mass is 10.2. The van der Waals surface area contributed by atoms with Crippen LogP contribution in [0, 0.1) is 0 Å². The minimum atomic E-state index is -0.552. The second-order valence-electron chi connectivity index (χ2n) is 4.49. The second kappa shape index (κ2) is 6.60. The van der Waals surface area contributed by atoms with Gasteiger partial charge in [-0.1, -0.05) is 0 Å². The number of primary amides is 1. The van der Waals surface area contributed by atoms with Gasteiger partial charge >= 0.3 is 0 Å². The van der Waals surface area contributed by atoms with Crippen molar-refractivity contribution >= 4 is 11.8 Å². The van der Waals surface area contributed by atoms with Crippen LogP contribution in [-0.4, -0.2) is 18.4 Å². The van der Waals surface area contributed by atoms with Crippen LogP contribution in [-0.2, 0) is 4.79 Å². The predicted molar refractivity (Wildman–Crippen MR) is 75.7 cm³/mol. The van der Waals surface area contributed by atoms with Gasteiger partial charge in [-0.25, -0.2) is 0 Å². The van der Waals surface area contributed by atoms with Gasteiger partial charge in [0, 0.05) is 5.56 Å². The molecule has 0 bridgehead atoms. The summed E-state index contributed by atoms with van der Waals surface area (Å²) in [6, 6.07) is 9.78. The molecule has 0 fully saturated rings. The van der Waals surface area contributed by atoms with E-state index in [0.29, 0.717) is 17.1 Å². The van der Waals surface area contributed by atoms with E-state index in [-0.39, 0.29) is 18.6 Å². The van der Waals surface area contributed by atoms with Gasteiger partial charge in [-0.2, -0.15) is 0 Å². The van der Waals surface area contributed by atoms with Gasteiger partial charge in [0.25, 0.3) is 11.8 Å². The molecule has 1 atom stereocenters. The van der Waals surface area contributed by atoms with Crippen molar-refractivity contribution in [1.29, 1.82) is 0 Å². The van der Waals surface area contributed by atoms with Crippen LogP contribution in [0.15, 0.2) is 47.1 Å². The van der Waals surface area contributed by atoms with Crippen LogP contribution in [0.25, 0.3) is 0 Å². The molecule has 3 N–H and O–H groups in total. The van der Waals surface area contributed by atoms with Crippen molar-refractivity contribution in [1.82, 2.24) is 5.32 Å². The summed E-state index contributed by atoms with van der Waals surface area (Å²) < 4.78 is 10.3. The van der Waals surface area contributed by atoms with Gasteiger partial charge < -0.3 is 20.2 Å². The van der Waals surface area contributed by atoms with Crippen molar-refractivity contribution in [3.05, 3.63) is 54.0 Å². The summed E-state index contributed by atoms with van der Waals surface area (Å²) in [7, 11) is 0. The van der Waals surface area contributed by atoms with Gasteiger partial charge in [0.1, 0.15) is 11.5 Å². The van der Waals surface area contributed by atoms with Gasteiger partial charge in [0.2, 0.25) is 0 Å². The Morgan fingerprint density at radius 2 is 2.00 bits per heavy atom. The molecule has 110 valence electrons. The third-order valence-electron chi connectivity index (χ3n) is 2.82. The molecule has 21 heavy (non-hydrogen) atoms. The number of furan rings is 1. The fourth-order valence-electron chi connectivity index (χ4n) is 1.75. The van der Waals surface area contributed by atoms with Crippen molar-refractivity contribution in [2.75, 3.05) is 6.61 Å². The zero-order chi connectivity index (χ0) is 15.2. The van der Waals surface area contributed by atoms with Crippen molar-refractivity contribution in [3.8, 4) is 5.75 Å². The highest BCUT2D eigenvalue weighted by Crippen LogP contribution is 2.15. The lowest BCUT2D eigenvalue weighted by Crippen LogP contribution is -2.26. The van der Waals surface area contributed by atoms with Crippen LogP contribution >= 0.6 is 0 Å². The molecule has 2 rings (SSSR count). The number of rotatable bonds is 6. The smallest absolute Gasteiger partial charge is 0.255 e. The highest BCUT2D eigenvalue weighted by Gasteiger charge is 2.13. The number of hydrogen-bond acceptors (Lipinski definition) is 4.